The van der Waals surface area contributed by atoms with E-state index in [1.807, 2.05) is 49.5 Å². The molecular weight excluding hydrogens is 354 g/mol. The Balaban J connectivity index is 1.61. The zero-order chi connectivity index (χ0) is 19.3. The number of aromatic nitrogens is 4. The van der Waals surface area contributed by atoms with Gasteiger partial charge in [0.1, 0.15) is 17.3 Å². The van der Waals surface area contributed by atoms with Crippen LogP contribution in [0.25, 0.3) is 22.6 Å². The van der Waals surface area contributed by atoms with Gasteiger partial charge in [-0.05, 0) is 30.7 Å². The molecule has 1 aliphatic rings. The molecule has 0 amide bonds. The molecule has 0 saturated carbocycles. The van der Waals surface area contributed by atoms with Crippen LogP contribution in [0.4, 0.5) is 0 Å². The van der Waals surface area contributed by atoms with Crippen molar-refractivity contribution in [3.05, 3.63) is 48.4 Å². The zero-order valence-electron chi connectivity index (χ0n) is 16.3. The molecule has 7 nitrogen and oxygen atoms in total. The highest BCUT2D eigenvalue weighted by atomic mass is 16.5. The minimum atomic E-state index is 0.794. The number of rotatable bonds is 6. The average Bonchev–Trinajstić information content (AvgIpc) is 3.13. The van der Waals surface area contributed by atoms with Crippen molar-refractivity contribution in [2.45, 2.75) is 13.5 Å². The molecule has 0 atom stereocenters. The minimum absolute atomic E-state index is 0.794. The second-order valence-electron chi connectivity index (χ2n) is 6.81. The maximum absolute atomic E-state index is 5.51. The Kier molecular flexibility index (Phi) is 5.64. The summed E-state index contributed by atoms with van der Waals surface area (Å²) in [5.74, 6) is 2.53. The van der Waals surface area contributed by atoms with Crippen molar-refractivity contribution in [2.24, 2.45) is 0 Å². The van der Waals surface area contributed by atoms with Crippen LogP contribution in [-0.4, -0.2) is 64.6 Å². The van der Waals surface area contributed by atoms with Gasteiger partial charge in [0.2, 0.25) is 0 Å². The maximum atomic E-state index is 5.51. The van der Waals surface area contributed by atoms with Crippen LogP contribution in [0.1, 0.15) is 5.82 Å². The molecule has 0 aliphatic carbocycles. The van der Waals surface area contributed by atoms with Crippen LogP contribution in [0.5, 0.6) is 5.75 Å². The van der Waals surface area contributed by atoms with Crippen LogP contribution >= 0.6 is 0 Å². The Hall–Kier alpha value is -2.77. The predicted molar refractivity (Wildman–Crippen MR) is 107 cm³/mol. The number of hydrogen-bond acceptors (Lipinski definition) is 6. The topological polar surface area (TPSA) is 65.3 Å². The van der Waals surface area contributed by atoms with Gasteiger partial charge in [0, 0.05) is 37.9 Å². The van der Waals surface area contributed by atoms with Gasteiger partial charge in [-0.2, -0.15) is 0 Å². The van der Waals surface area contributed by atoms with Gasteiger partial charge >= 0.3 is 0 Å². The number of para-hydroxylation sites is 1. The summed E-state index contributed by atoms with van der Waals surface area (Å²) in [6.45, 7) is 7.30. The summed E-state index contributed by atoms with van der Waals surface area (Å²) >= 11 is 0. The minimum Gasteiger partial charge on any atom is -0.496 e. The molecule has 0 N–H and O–H groups in total. The molecule has 1 fully saturated rings. The standard InChI is InChI=1S/C21H25N5O2/c1-16-23-24-21(26(16)10-9-25-11-13-28-14-12-25)19-15-17(7-8-22-19)18-5-3-4-6-20(18)27-2/h3-8,15H,9-14H2,1-2H3. The third-order valence-corrected chi connectivity index (χ3v) is 5.09. The lowest BCUT2D eigenvalue weighted by molar-refractivity contribution is 0.0364. The fraction of sp³-hybridized carbons (Fsp3) is 0.381. The van der Waals surface area contributed by atoms with E-state index in [2.05, 4.69) is 24.6 Å². The maximum Gasteiger partial charge on any atom is 0.182 e. The van der Waals surface area contributed by atoms with E-state index in [-0.39, 0.29) is 0 Å². The second kappa shape index (κ2) is 8.50. The first-order valence-corrected chi connectivity index (χ1v) is 9.56. The van der Waals surface area contributed by atoms with E-state index in [1.165, 1.54) is 0 Å². The largest absolute Gasteiger partial charge is 0.496 e. The van der Waals surface area contributed by atoms with Crippen molar-refractivity contribution < 1.29 is 9.47 Å². The number of benzene rings is 1. The van der Waals surface area contributed by atoms with Crippen molar-refractivity contribution in [1.29, 1.82) is 0 Å². The summed E-state index contributed by atoms with van der Waals surface area (Å²) in [6, 6.07) is 12.0. The van der Waals surface area contributed by atoms with Gasteiger partial charge in [-0.3, -0.25) is 9.88 Å². The lowest BCUT2D eigenvalue weighted by atomic mass is 10.0. The van der Waals surface area contributed by atoms with E-state index in [0.717, 1.165) is 73.6 Å². The highest BCUT2D eigenvalue weighted by molar-refractivity contribution is 5.73. The van der Waals surface area contributed by atoms with Gasteiger partial charge in [0.15, 0.2) is 5.82 Å². The van der Waals surface area contributed by atoms with E-state index in [9.17, 15) is 0 Å². The first kappa shape index (κ1) is 18.6. The molecule has 1 aliphatic heterocycles. The second-order valence-corrected chi connectivity index (χ2v) is 6.81. The van der Waals surface area contributed by atoms with Crippen LogP contribution in [0.2, 0.25) is 0 Å². The summed E-state index contributed by atoms with van der Waals surface area (Å²) in [4.78, 5) is 6.97. The third-order valence-electron chi connectivity index (χ3n) is 5.09. The summed E-state index contributed by atoms with van der Waals surface area (Å²) in [7, 11) is 1.69. The zero-order valence-corrected chi connectivity index (χ0v) is 16.3. The normalized spacial score (nSPS) is 14.9. The van der Waals surface area contributed by atoms with Gasteiger partial charge in [-0.25, -0.2) is 0 Å². The Labute approximate surface area is 164 Å². The number of nitrogens with zero attached hydrogens (tertiary/aromatic N) is 5. The monoisotopic (exact) mass is 379 g/mol. The van der Waals surface area contributed by atoms with Gasteiger partial charge in [-0.15, -0.1) is 10.2 Å². The fourth-order valence-corrected chi connectivity index (χ4v) is 3.51. The molecule has 2 aromatic heterocycles. The van der Waals surface area contributed by atoms with Crippen LogP contribution < -0.4 is 4.74 Å². The van der Waals surface area contributed by atoms with E-state index >= 15 is 0 Å². The molecule has 0 unspecified atom stereocenters. The smallest absolute Gasteiger partial charge is 0.182 e. The summed E-state index contributed by atoms with van der Waals surface area (Å²) < 4.78 is 13.1. The van der Waals surface area contributed by atoms with E-state index in [1.54, 1.807) is 7.11 Å². The molecule has 28 heavy (non-hydrogen) atoms. The quantitative estimate of drug-likeness (QED) is 0.656. The SMILES string of the molecule is COc1ccccc1-c1ccnc(-c2nnc(C)n2CCN2CCOCC2)c1. The molecular formula is C21H25N5O2. The highest BCUT2D eigenvalue weighted by Gasteiger charge is 2.16. The van der Waals surface area contributed by atoms with Crippen LogP contribution in [0.3, 0.4) is 0 Å². The van der Waals surface area contributed by atoms with Gasteiger partial charge in [0.25, 0.3) is 0 Å². The number of morpholine rings is 1. The Morgan fingerprint density at radius 3 is 2.71 bits per heavy atom. The van der Waals surface area contributed by atoms with Gasteiger partial charge in [0.05, 0.1) is 20.3 Å². The number of aryl methyl sites for hydroxylation is 1. The molecule has 3 aromatic rings. The highest BCUT2D eigenvalue weighted by Crippen LogP contribution is 2.31. The fourth-order valence-electron chi connectivity index (χ4n) is 3.51. The number of pyridine rings is 1. The summed E-state index contributed by atoms with van der Waals surface area (Å²) in [5, 5.41) is 8.70. The molecule has 7 heteroatoms. The lowest BCUT2D eigenvalue weighted by Gasteiger charge is -2.26. The van der Waals surface area contributed by atoms with Crippen molar-refractivity contribution in [3.8, 4) is 28.4 Å². The summed E-state index contributed by atoms with van der Waals surface area (Å²) in [6.07, 6.45) is 1.81. The van der Waals surface area contributed by atoms with Gasteiger partial charge in [-0.1, -0.05) is 18.2 Å². The molecule has 0 radical (unpaired) electrons. The molecule has 1 aromatic carbocycles. The van der Waals surface area contributed by atoms with Crippen molar-refractivity contribution in [3.63, 3.8) is 0 Å². The van der Waals surface area contributed by atoms with Crippen molar-refractivity contribution in [1.82, 2.24) is 24.6 Å². The van der Waals surface area contributed by atoms with Crippen molar-refractivity contribution >= 4 is 0 Å². The Bertz CT molecular complexity index is 934. The molecule has 3 heterocycles. The van der Waals surface area contributed by atoms with E-state index < -0.39 is 0 Å². The first-order chi connectivity index (χ1) is 13.8. The molecule has 0 bridgehead atoms. The Morgan fingerprint density at radius 2 is 1.89 bits per heavy atom. The van der Waals surface area contributed by atoms with E-state index in [4.69, 9.17) is 9.47 Å². The molecule has 146 valence electrons. The third kappa shape index (κ3) is 3.90. The van der Waals surface area contributed by atoms with Crippen LogP contribution in [0.15, 0.2) is 42.6 Å². The van der Waals surface area contributed by atoms with Crippen LogP contribution in [0, 0.1) is 6.92 Å². The van der Waals surface area contributed by atoms with Gasteiger partial charge < -0.3 is 14.0 Å². The first-order valence-electron chi connectivity index (χ1n) is 9.56. The number of ether oxygens (including phenoxy) is 2. The molecule has 4 rings (SSSR count). The summed E-state index contributed by atoms with van der Waals surface area (Å²) in [5.41, 5.74) is 2.89. The van der Waals surface area contributed by atoms with Crippen molar-refractivity contribution in [2.75, 3.05) is 40.0 Å². The van der Waals surface area contributed by atoms with E-state index in [0.29, 0.717) is 0 Å². The number of hydrogen-bond donors (Lipinski definition) is 0. The van der Waals surface area contributed by atoms with Crippen LogP contribution in [-0.2, 0) is 11.3 Å². The Morgan fingerprint density at radius 1 is 1.07 bits per heavy atom. The lowest BCUT2D eigenvalue weighted by Crippen LogP contribution is -2.38. The molecule has 1 saturated heterocycles. The number of methoxy groups -OCH3 is 1. The predicted octanol–water partition coefficient (Wildman–Crippen LogP) is 2.66. The average molecular weight is 379 g/mol. The molecule has 0 spiro atoms.